The number of nitrogens with zero attached hydrogens (tertiary/aromatic N) is 4. The fourth-order valence-corrected chi connectivity index (χ4v) is 2.71. The van der Waals surface area contributed by atoms with E-state index in [-0.39, 0.29) is 24.6 Å². The van der Waals surface area contributed by atoms with E-state index in [0.717, 1.165) is 5.69 Å². The molecule has 30 heavy (non-hydrogen) atoms. The molecule has 0 aliphatic carbocycles. The molecule has 2 aromatic carbocycles. The van der Waals surface area contributed by atoms with Crippen molar-refractivity contribution in [2.24, 2.45) is 0 Å². The van der Waals surface area contributed by atoms with Crippen LogP contribution in [0.3, 0.4) is 0 Å². The topological polar surface area (TPSA) is 108 Å². The van der Waals surface area contributed by atoms with Crippen LogP contribution in [0.25, 0.3) is 16.9 Å². The summed E-state index contributed by atoms with van der Waals surface area (Å²) in [7, 11) is 3.15. The van der Waals surface area contributed by atoms with Crippen LogP contribution in [0, 0.1) is 10.1 Å². The van der Waals surface area contributed by atoms with Gasteiger partial charge in [0.05, 0.1) is 22.7 Å². The fraction of sp³-hybridized carbons (Fsp3) is 0.190. The monoisotopic (exact) mass is 408 g/mol. The third kappa shape index (κ3) is 4.88. The number of hydrogen-bond donors (Lipinski definition) is 0. The van der Waals surface area contributed by atoms with Crippen molar-refractivity contribution in [2.45, 2.75) is 6.42 Å². The first-order valence-electron chi connectivity index (χ1n) is 9.09. The lowest BCUT2D eigenvalue weighted by Gasteiger charge is -2.10. The number of non-ortho nitro benzene ring substituents is 1. The average Bonchev–Trinajstić information content (AvgIpc) is 3.16. The highest BCUT2D eigenvalue weighted by Gasteiger charge is 2.18. The van der Waals surface area contributed by atoms with E-state index in [9.17, 15) is 19.7 Å². The minimum absolute atomic E-state index is 0.0376. The molecule has 3 rings (SSSR count). The summed E-state index contributed by atoms with van der Waals surface area (Å²) in [5, 5.41) is 15.5. The summed E-state index contributed by atoms with van der Waals surface area (Å²) in [5.74, 6) is -0.889. The maximum atomic E-state index is 12.3. The van der Waals surface area contributed by atoms with Gasteiger partial charge in [0.15, 0.2) is 6.61 Å². The molecule has 0 aliphatic heterocycles. The lowest BCUT2D eigenvalue weighted by Crippen LogP contribution is -2.27. The van der Waals surface area contributed by atoms with Crippen LogP contribution in [0.15, 0.2) is 60.8 Å². The summed E-state index contributed by atoms with van der Waals surface area (Å²) in [6.45, 7) is -0.342. The molecule has 0 saturated carbocycles. The maximum Gasteiger partial charge on any atom is 0.310 e. The summed E-state index contributed by atoms with van der Waals surface area (Å²) >= 11 is 0. The Hall–Kier alpha value is -4.01. The summed E-state index contributed by atoms with van der Waals surface area (Å²) in [6, 6.07) is 15.3. The number of ether oxygens (including phenoxy) is 1. The molecule has 0 N–H and O–H groups in total. The summed E-state index contributed by atoms with van der Waals surface area (Å²) in [4.78, 5) is 35.7. The fourth-order valence-electron chi connectivity index (χ4n) is 2.71. The van der Waals surface area contributed by atoms with Crippen molar-refractivity contribution in [1.82, 2.24) is 14.7 Å². The summed E-state index contributed by atoms with van der Waals surface area (Å²) in [5.41, 5.74) is 2.47. The molecule has 1 aromatic heterocycles. The zero-order chi connectivity index (χ0) is 21.7. The Kier molecular flexibility index (Phi) is 6.21. The molecule has 0 aliphatic rings. The number of carbonyl (C=O) groups excluding carboxylic acids is 2. The standard InChI is InChI=1S/C21H20N4O5/c1-23(2)19(26)14-30-20(27)12-16-13-24(17-6-4-3-5-7-17)22-21(16)15-8-10-18(11-9-15)25(28)29/h3-11,13H,12,14H2,1-2H3. The summed E-state index contributed by atoms with van der Waals surface area (Å²) < 4.78 is 6.70. The number of benzene rings is 2. The number of carbonyl (C=O) groups is 2. The molecular weight excluding hydrogens is 388 g/mol. The molecule has 9 nitrogen and oxygen atoms in total. The normalized spacial score (nSPS) is 10.5. The second kappa shape index (κ2) is 8.99. The Morgan fingerprint density at radius 3 is 2.37 bits per heavy atom. The minimum Gasteiger partial charge on any atom is -0.455 e. The van der Waals surface area contributed by atoms with Gasteiger partial charge < -0.3 is 9.64 Å². The van der Waals surface area contributed by atoms with Gasteiger partial charge >= 0.3 is 5.97 Å². The molecule has 0 bridgehead atoms. The highest BCUT2D eigenvalue weighted by molar-refractivity contribution is 5.82. The Balaban J connectivity index is 1.90. The number of hydrogen-bond acceptors (Lipinski definition) is 6. The highest BCUT2D eigenvalue weighted by Crippen LogP contribution is 2.26. The van der Waals surface area contributed by atoms with Gasteiger partial charge in [-0.2, -0.15) is 5.10 Å². The van der Waals surface area contributed by atoms with Gasteiger partial charge in [-0.05, 0) is 24.3 Å². The maximum absolute atomic E-state index is 12.3. The van der Waals surface area contributed by atoms with Gasteiger partial charge in [0.25, 0.3) is 11.6 Å². The molecule has 1 amide bonds. The van der Waals surface area contributed by atoms with E-state index in [1.54, 1.807) is 37.1 Å². The van der Waals surface area contributed by atoms with Crippen LogP contribution in [-0.4, -0.2) is 52.2 Å². The van der Waals surface area contributed by atoms with Gasteiger partial charge in [0, 0.05) is 43.6 Å². The smallest absolute Gasteiger partial charge is 0.310 e. The Bertz CT molecular complexity index is 1060. The van der Waals surface area contributed by atoms with Crippen LogP contribution >= 0.6 is 0 Å². The van der Waals surface area contributed by atoms with Crippen molar-refractivity contribution < 1.29 is 19.2 Å². The molecule has 0 atom stereocenters. The van der Waals surface area contributed by atoms with Crippen molar-refractivity contribution in [1.29, 1.82) is 0 Å². The number of amides is 1. The Labute approximate surface area is 172 Å². The predicted molar refractivity (Wildman–Crippen MR) is 109 cm³/mol. The first-order chi connectivity index (χ1) is 14.3. The SMILES string of the molecule is CN(C)C(=O)COC(=O)Cc1cn(-c2ccccc2)nc1-c1ccc([N+](=O)[O-])cc1. The van der Waals surface area contributed by atoms with Crippen LogP contribution in [0.4, 0.5) is 5.69 Å². The molecule has 0 spiro atoms. The molecular formula is C21H20N4O5. The number of esters is 1. The largest absolute Gasteiger partial charge is 0.455 e. The van der Waals surface area contributed by atoms with E-state index in [2.05, 4.69) is 5.10 Å². The second-order valence-corrected chi connectivity index (χ2v) is 6.71. The van der Waals surface area contributed by atoms with Gasteiger partial charge in [0.2, 0.25) is 0 Å². The molecule has 0 saturated heterocycles. The lowest BCUT2D eigenvalue weighted by molar-refractivity contribution is -0.384. The molecule has 9 heteroatoms. The quantitative estimate of drug-likeness (QED) is 0.338. The minimum atomic E-state index is -0.569. The van der Waals surface area contributed by atoms with Crippen molar-refractivity contribution in [3.05, 3.63) is 76.5 Å². The van der Waals surface area contributed by atoms with Crippen molar-refractivity contribution in [3.63, 3.8) is 0 Å². The van der Waals surface area contributed by atoms with Crippen LogP contribution in [0.5, 0.6) is 0 Å². The predicted octanol–water partition coefficient (Wildman–Crippen LogP) is 2.62. The molecule has 0 fully saturated rings. The van der Waals surface area contributed by atoms with E-state index in [1.165, 1.54) is 17.0 Å². The number of para-hydroxylation sites is 1. The lowest BCUT2D eigenvalue weighted by atomic mass is 10.1. The Morgan fingerprint density at radius 1 is 1.10 bits per heavy atom. The van der Waals surface area contributed by atoms with Crippen molar-refractivity contribution in [2.75, 3.05) is 20.7 Å². The zero-order valence-electron chi connectivity index (χ0n) is 16.5. The van der Waals surface area contributed by atoms with Crippen LogP contribution < -0.4 is 0 Å². The van der Waals surface area contributed by atoms with Gasteiger partial charge in [0.1, 0.15) is 0 Å². The zero-order valence-corrected chi connectivity index (χ0v) is 16.5. The van der Waals surface area contributed by atoms with Gasteiger partial charge in [-0.15, -0.1) is 0 Å². The van der Waals surface area contributed by atoms with Crippen molar-refractivity contribution >= 4 is 17.6 Å². The van der Waals surface area contributed by atoms with Crippen LogP contribution in [0.1, 0.15) is 5.56 Å². The van der Waals surface area contributed by atoms with Crippen molar-refractivity contribution in [3.8, 4) is 16.9 Å². The summed E-state index contributed by atoms with van der Waals surface area (Å²) in [6.07, 6.45) is 1.61. The number of aromatic nitrogens is 2. The first-order valence-corrected chi connectivity index (χ1v) is 9.09. The molecule has 0 unspecified atom stereocenters. The molecule has 1 heterocycles. The first kappa shape index (κ1) is 20.7. The van der Waals surface area contributed by atoms with Gasteiger partial charge in [-0.3, -0.25) is 19.7 Å². The third-order valence-electron chi connectivity index (χ3n) is 4.35. The molecule has 3 aromatic rings. The van der Waals surface area contributed by atoms with E-state index < -0.39 is 10.9 Å². The third-order valence-corrected chi connectivity index (χ3v) is 4.35. The highest BCUT2D eigenvalue weighted by atomic mass is 16.6. The Morgan fingerprint density at radius 2 is 1.77 bits per heavy atom. The number of nitro benzene ring substituents is 1. The van der Waals surface area contributed by atoms with E-state index in [1.807, 2.05) is 30.3 Å². The number of rotatable bonds is 7. The van der Waals surface area contributed by atoms with E-state index >= 15 is 0 Å². The average molecular weight is 408 g/mol. The van der Waals surface area contributed by atoms with E-state index in [0.29, 0.717) is 16.8 Å². The number of nitro groups is 1. The van der Waals surface area contributed by atoms with E-state index in [4.69, 9.17) is 4.74 Å². The van der Waals surface area contributed by atoms with Crippen LogP contribution in [-0.2, 0) is 20.7 Å². The van der Waals surface area contributed by atoms with Gasteiger partial charge in [-0.1, -0.05) is 18.2 Å². The molecule has 0 radical (unpaired) electrons. The second-order valence-electron chi connectivity index (χ2n) is 6.71. The number of likely N-dealkylation sites (N-methyl/N-ethyl adjacent to an activating group) is 1. The van der Waals surface area contributed by atoms with Crippen LogP contribution in [0.2, 0.25) is 0 Å². The molecule has 154 valence electrons. The van der Waals surface area contributed by atoms with Gasteiger partial charge in [-0.25, -0.2) is 4.68 Å².